The van der Waals surface area contributed by atoms with Gasteiger partial charge in [-0.1, -0.05) is 24.3 Å². The number of benzene rings is 2. The minimum Gasteiger partial charge on any atom is -0.497 e. The minimum absolute atomic E-state index is 0.102. The van der Waals surface area contributed by atoms with Crippen molar-refractivity contribution >= 4 is 23.2 Å². The third-order valence-corrected chi connectivity index (χ3v) is 9.16. The summed E-state index contributed by atoms with van der Waals surface area (Å²) in [5.74, 6) is -1.20. The van der Waals surface area contributed by atoms with E-state index in [1.807, 2.05) is 38.1 Å². The first-order chi connectivity index (χ1) is 18.1. The maximum absolute atomic E-state index is 14.7. The highest BCUT2D eigenvalue weighted by molar-refractivity contribution is 7.12. The van der Waals surface area contributed by atoms with Crippen molar-refractivity contribution in [3.8, 4) is 16.9 Å². The maximum atomic E-state index is 14.7. The van der Waals surface area contributed by atoms with Gasteiger partial charge in [0, 0.05) is 27.3 Å². The fourth-order valence-corrected chi connectivity index (χ4v) is 7.13. The number of thiophene rings is 1. The molecule has 2 aromatic carbocycles. The third kappa shape index (κ3) is 4.70. The van der Waals surface area contributed by atoms with Crippen LogP contribution in [0.15, 0.2) is 42.5 Å². The third-order valence-electron chi connectivity index (χ3n) is 8.10. The Hall–Kier alpha value is -3.26. The van der Waals surface area contributed by atoms with Gasteiger partial charge in [-0.25, -0.2) is 8.78 Å². The Morgan fingerprint density at radius 2 is 1.74 bits per heavy atom. The Kier molecular flexibility index (Phi) is 7.03. The quantitative estimate of drug-likeness (QED) is 0.364. The molecule has 200 valence electrons. The average molecular weight is 540 g/mol. The van der Waals surface area contributed by atoms with Crippen molar-refractivity contribution in [2.75, 3.05) is 14.2 Å². The number of carbonyl (C=O) groups excluding carboxylic acids is 2. The summed E-state index contributed by atoms with van der Waals surface area (Å²) < 4.78 is 38.5. The molecule has 38 heavy (non-hydrogen) atoms. The van der Waals surface area contributed by atoms with Gasteiger partial charge in [0.25, 0.3) is 5.91 Å². The van der Waals surface area contributed by atoms with Crippen LogP contribution in [0, 0.1) is 31.0 Å². The number of hydrogen-bond donors (Lipinski definition) is 1. The molecule has 2 fully saturated rings. The zero-order valence-corrected chi connectivity index (χ0v) is 22.7. The molecule has 1 spiro atoms. The number of halogens is 2. The molecular weight excluding hydrogens is 508 g/mol. The number of nitrogens with one attached hydrogen (secondary N) is 1. The highest BCUT2D eigenvalue weighted by Gasteiger charge is 2.63. The van der Waals surface area contributed by atoms with Crippen molar-refractivity contribution in [2.24, 2.45) is 11.3 Å². The predicted molar refractivity (Wildman–Crippen MR) is 143 cm³/mol. The van der Waals surface area contributed by atoms with E-state index in [0.717, 1.165) is 32.0 Å². The molecule has 1 amide bonds. The van der Waals surface area contributed by atoms with Crippen LogP contribution in [0.2, 0.25) is 0 Å². The number of hydrogen-bond acceptors (Lipinski definition) is 5. The Bertz CT molecular complexity index is 1380. The van der Waals surface area contributed by atoms with Crippen LogP contribution in [0.3, 0.4) is 0 Å². The lowest BCUT2D eigenvalue weighted by Crippen LogP contribution is -2.64. The van der Waals surface area contributed by atoms with Gasteiger partial charge in [0.15, 0.2) is 0 Å². The van der Waals surface area contributed by atoms with E-state index >= 15 is 0 Å². The van der Waals surface area contributed by atoms with Gasteiger partial charge in [0.1, 0.15) is 17.7 Å². The van der Waals surface area contributed by atoms with Gasteiger partial charge in [0.2, 0.25) is 0 Å². The van der Waals surface area contributed by atoms with Gasteiger partial charge in [0.05, 0.1) is 25.7 Å². The molecule has 2 saturated carbocycles. The van der Waals surface area contributed by atoms with Crippen molar-refractivity contribution in [1.29, 1.82) is 0 Å². The van der Waals surface area contributed by atoms with Crippen molar-refractivity contribution in [1.82, 2.24) is 5.32 Å². The first-order valence-electron chi connectivity index (χ1n) is 12.7. The van der Waals surface area contributed by atoms with Crippen LogP contribution < -0.4 is 10.1 Å². The van der Waals surface area contributed by atoms with Gasteiger partial charge in [-0.15, -0.1) is 11.3 Å². The Labute approximate surface area is 225 Å². The summed E-state index contributed by atoms with van der Waals surface area (Å²) in [6.45, 7) is 3.97. The molecule has 2 atom stereocenters. The molecule has 2 aliphatic rings. The standard InChI is InChI=1S/C30H31F2NO4S/c1-16-24(9-18-5-7-19(8-6-18)20-10-21(31)12-23(11-20)36-3)26(17(2)38-16)28(34)33-22-13-30(14-22)15-25(27(30)32)29(35)37-4/h5-8,10-12,22,25,27H,9,13-15H2,1-4H3,(H,33,34). The molecule has 0 radical (unpaired) electrons. The zero-order valence-electron chi connectivity index (χ0n) is 21.9. The maximum Gasteiger partial charge on any atom is 0.311 e. The smallest absolute Gasteiger partial charge is 0.311 e. The van der Waals surface area contributed by atoms with Crippen LogP contribution in [0.5, 0.6) is 5.75 Å². The monoisotopic (exact) mass is 539 g/mol. The molecule has 1 heterocycles. The second kappa shape index (κ2) is 10.1. The van der Waals surface area contributed by atoms with Gasteiger partial charge in [-0.05, 0) is 73.9 Å². The minimum atomic E-state index is -1.21. The first-order valence-corrected chi connectivity index (χ1v) is 13.5. The van der Waals surface area contributed by atoms with Crippen LogP contribution in [0.25, 0.3) is 11.1 Å². The van der Waals surface area contributed by atoms with Crippen LogP contribution in [0.4, 0.5) is 8.78 Å². The Morgan fingerprint density at radius 3 is 2.37 bits per heavy atom. The second-order valence-electron chi connectivity index (χ2n) is 10.5. The average Bonchev–Trinajstić information content (AvgIpc) is 3.16. The number of esters is 1. The summed E-state index contributed by atoms with van der Waals surface area (Å²) in [4.78, 5) is 27.0. The molecule has 2 aliphatic carbocycles. The van der Waals surface area contributed by atoms with E-state index in [2.05, 4.69) is 10.1 Å². The number of amides is 1. The molecule has 1 aromatic heterocycles. The van der Waals surface area contributed by atoms with E-state index < -0.39 is 23.5 Å². The van der Waals surface area contributed by atoms with Gasteiger partial charge in [-0.3, -0.25) is 9.59 Å². The summed E-state index contributed by atoms with van der Waals surface area (Å²) in [5, 5.41) is 3.10. The lowest BCUT2D eigenvalue weighted by Gasteiger charge is -2.58. The van der Waals surface area contributed by atoms with Crippen molar-refractivity contribution in [2.45, 2.75) is 51.7 Å². The van der Waals surface area contributed by atoms with Crippen LogP contribution in [-0.4, -0.2) is 38.3 Å². The van der Waals surface area contributed by atoms with Crippen LogP contribution >= 0.6 is 11.3 Å². The summed E-state index contributed by atoms with van der Waals surface area (Å²) in [6.07, 6.45) is 0.940. The Morgan fingerprint density at radius 1 is 1.03 bits per heavy atom. The van der Waals surface area contributed by atoms with Crippen LogP contribution in [0.1, 0.15) is 50.5 Å². The zero-order chi connectivity index (χ0) is 27.2. The molecule has 2 unspecified atom stereocenters. The van der Waals surface area contributed by atoms with Crippen molar-refractivity contribution in [3.63, 3.8) is 0 Å². The summed E-state index contributed by atoms with van der Waals surface area (Å²) in [7, 11) is 2.79. The fourth-order valence-electron chi connectivity index (χ4n) is 6.05. The molecule has 8 heteroatoms. The summed E-state index contributed by atoms with van der Waals surface area (Å²) in [5.41, 5.74) is 3.81. The van der Waals surface area contributed by atoms with Gasteiger partial charge >= 0.3 is 5.97 Å². The van der Waals surface area contributed by atoms with Crippen molar-refractivity contribution < 1.29 is 27.8 Å². The second-order valence-corrected chi connectivity index (χ2v) is 11.9. The van der Waals surface area contributed by atoms with Crippen LogP contribution in [-0.2, 0) is 16.0 Å². The predicted octanol–water partition coefficient (Wildman–Crippen LogP) is 6.18. The molecule has 5 nitrogen and oxygen atoms in total. The normalized spacial score (nSPS) is 23.9. The van der Waals surface area contributed by atoms with E-state index in [0.29, 0.717) is 37.0 Å². The number of carbonyl (C=O) groups is 2. The summed E-state index contributed by atoms with van der Waals surface area (Å²) >= 11 is 1.60. The number of alkyl halides is 1. The Balaban J connectivity index is 1.26. The molecule has 3 aromatic rings. The number of ether oxygens (including phenoxy) is 2. The van der Waals surface area contributed by atoms with E-state index in [4.69, 9.17) is 4.74 Å². The van der Waals surface area contributed by atoms with Gasteiger partial charge in [-0.2, -0.15) is 0 Å². The lowest BCUT2D eigenvalue weighted by molar-refractivity contribution is -0.179. The number of aryl methyl sites for hydroxylation is 2. The largest absolute Gasteiger partial charge is 0.497 e. The highest BCUT2D eigenvalue weighted by atomic mass is 32.1. The lowest BCUT2D eigenvalue weighted by atomic mass is 9.48. The molecule has 1 N–H and O–H groups in total. The molecule has 0 bridgehead atoms. The molecule has 0 aliphatic heterocycles. The number of rotatable bonds is 7. The molecule has 0 saturated heterocycles. The highest BCUT2D eigenvalue weighted by Crippen LogP contribution is 2.60. The summed E-state index contributed by atoms with van der Waals surface area (Å²) in [6, 6.07) is 12.4. The fraction of sp³-hybridized carbons (Fsp3) is 0.400. The SMILES string of the molecule is COC(=O)C1CC2(CC(NC(=O)c3c(C)sc(C)c3Cc3ccc(-c4cc(F)cc(OC)c4)cc3)C2)C1F. The topological polar surface area (TPSA) is 64.6 Å². The van der Waals surface area contributed by atoms with Gasteiger partial charge < -0.3 is 14.8 Å². The molecular formula is C30H31F2NO4S. The van der Waals surface area contributed by atoms with Crippen molar-refractivity contribution in [3.05, 3.63) is 74.7 Å². The van der Waals surface area contributed by atoms with E-state index in [1.165, 1.54) is 26.4 Å². The molecule has 5 rings (SSSR count). The first kappa shape index (κ1) is 26.4. The van der Waals surface area contributed by atoms with E-state index in [1.54, 1.807) is 17.4 Å². The van der Waals surface area contributed by atoms with E-state index in [9.17, 15) is 18.4 Å². The van der Waals surface area contributed by atoms with E-state index in [-0.39, 0.29) is 17.8 Å². The number of methoxy groups -OCH3 is 2.